The number of hydrogen-bond donors (Lipinski definition) is 2. The van der Waals surface area contributed by atoms with E-state index in [2.05, 4.69) is 31.2 Å². The van der Waals surface area contributed by atoms with Gasteiger partial charge in [0.2, 0.25) is 0 Å². The number of rotatable bonds is 5. The first kappa shape index (κ1) is 15.3. The lowest BCUT2D eigenvalue weighted by Gasteiger charge is -2.38. The molecule has 0 heterocycles. The molecule has 0 aliphatic heterocycles. The van der Waals surface area contributed by atoms with Crippen LogP contribution < -0.4 is 5.32 Å². The highest BCUT2D eigenvalue weighted by Crippen LogP contribution is 2.24. The van der Waals surface area contributed by atoms with Gasteiger partial charge in [-0.25, -0.2) is 0 Å². The monoisotopic (exact) mass is 276 g/mol. The molecule has 1 aliphatic carbocycles. The van der Waals surface area contributed by atoms with Crippen LogP contribution in [-0.4, -0.2) is 42.2 Å². The van der Waals surface area contributed by atoms with Gasteiger partial charge in [-0.15, -0.1) is 0 Å². The Morgan fingerprint density at radius 2 is 1.80 bits per heavy atom. The van der Waals surface area contributed by atoms with Gasteiger partial charge in [0.15, 0.2) is 0 Å². The van der Waals surface area contributed by atoms with E-state index >= 15 is 0 Å². The number of aromatic hydroxyl groups is 1. The molecule has 1 aromatic carbocycles. The molecule has 1 unspecified atom stereocenters. The van der Waals surface area contributed by atoms with Crippen molar-refractivity contribution in [2.24, 2.45) is 0 Å². The van der Waals surface area contributed by atoms with Gasteiger partial charge in [0, 0.05) is 18.1 Å². The van der Waals surface area contributed by atoms with Crippen LogP contribution in [0, 0.1) is 0 Å². The normalized spacial score (nSPS) is 24.8. The molecule has 1 aromatic rings. The Morgan fingerprint density at radius 3 is 2.35 bits per heavy atom. The van der Waals surface area contributed by atoms with Crippen LogP contribution in [-0.2, 0) is 6.42 Å². The lowest BCUT2D eigenvalue weighted by molar-refractivity contribution is 0.135. The quantitative estimate of drug-likeness (QED) is 0.868. The van der Waals surface area contributed by atoms with E-state index in [-0.39, 0.29) is 0 Å². The molecule has 0 aromatic heterocycles. The third kappa shape index (κ3) is 3.97. The van der Waals surface area contributed by atoms with Crippen LogP contribution in [0.25, 0.3) is 0 Å². The Kier molecular flexibility index (Phi) is 5.44. The molecule has 0 radical (unpaired) electrons. The van der Waals surface area contributed by atoms with E-state index < -0.39 is 0 Å². The zero-order valence-electron chi connectivity index (χ0n) is 13.0. The highest BCUT2D eigenvalue weighted by molar-refractivity contribution is 5.26. The Balaban J connectivity index is 1.85. The van der Waals surface area contributed by atoms with Crippen molar-refractivity contribution in [3.63, 3.8) is 0 Å². The minimum atomic E-state index is 0.347. The number of nitrogens with zero attached hydrogens (tertiary/aromatic N) is 1. The van der Waals surface area contributed by atoms with Crippen LogP contribution in [0.5, 0.6) is 5.75 Å². The van der Waals surface area contributed by atoms with E-state index in [1.54, 1.807) is 12.1 Å². The van der Waals surface area contributed by atoms with Gasteiger partial charge >= 0.3 is 0 Å². The van der Waals surface area contributed by atoms with E-state index in [0.29, 0.717) is 23.9 Å². The third-order valence-corrected chi connectivity index (χ3v) is 4.84. The largest absolute Gasteiger partial charge is 0.508 e. The second kappa shape index (κ2) is 7.09. The lowest BCUT2D eigenvalue weighted by atomic mass is 9.89. The molecule has 0 amide bonds. The average molecular weight is 276 g/mol. The minimum absolute atomic E-state index is 0.347. The summed E-state index contributed by atoms with van der Waals surface area (Å²) in [5, 5.41) is 12.7. The SMILES string of the molecule is CNC1CCC(N(C)C(C)Cc2ccc(O)cc2)CC1. The molecular formula is C17H28N2O. The van der Waals surface area contributed by atoms with Crippen LogP contribution in [0.3, 0.4) is 0 Å². The van der Waals surface area contributed by atoms with Crippen molar-refractivity contribution < 1.29 is 5.11 Å². The molecule has 112 valence electrons. The van der Waals surface area contributed by atoms with E-state index in [4.69, 9.17) is 0 Å². The van der Waals surface area contributed by atoms with Crippen molar-refractivity contribution in [2.75, 3.05) is 14.1 Å². The fraction of sp³-hybridized carbons (Fsp3) is 0.647. The van der Waals surface area contributed by atoms with Gasteiger partial charge in [-0.05, 0) is 70.8 Å². The summed E-state index contributed by atoms with van der Waals surface area (Å²) >= 11 is 0. The van der Waals surface area contributed by atoms with Crippen LogP contribution in [0.1, 0.15) is 38.2 Å². The molecular weight excluding hydrogens is 248 g/mol. The number of hydrogen-bond acceptors (Lipinski definition) is 3. The van der Waals surface area contributed by atoms with Crippen LogP contribution in [0.2, 0.25) is 0 Å². The summed E-state index contributed by atoms with van der Waals surface area (Å²) in [5.41, 5.74) is 1.30. The number of nitrogens with one attached hydrogen (secondary N) is 1. The summed E-state index contributed by atoms with van der Waals surface area (Å²) in [6.07, 6.45) is 6.21. The van der Waals surface area contributed by atoms with Crippen LogP contribution in [0.4, 0.5) is 0 Å². The van der Waals surface area contributed by atoms with Gasteiger partial charge in [-0.2, -0.15) is 0 Å². The molecule has 1 fully saturated rings. The zero-order valence-corrected chi connectivity index (χ0v) is 13.0. The molecule has 0 bridgehead atoms. The first-order chi connectivity index (χ1) is 9.60. The molecule has 1 saturated carbocycles. The fourth-order valence-corrected chi connectivity index (χ4v) is 3.25. The second-order valence-corrected chi connectivity index (χ2v) is 6.18. The van der Waals surface area contributed by atoms with Crippen molar-refractivity contribution in [3.05, 3.63) is 29.8 Å². The van der Waals surface area contributed by atoms with Gasteiger partial charge in [0.25, 0.3) is 0 Å². The standard InChI is InChI=1S/C17H28N2O/c1-13(12-14-4-10-17(20)11-5-14)19(3)16-8-6-15(18-2)7-9-16/h4-5,10-11,13,15-16,18,20H,6-9,12H2,1-3H3. The summed E-state index contributed by atoms with van der Waals surface area (Å²) < 4.78 is 0. The number of phenolic OH excluding ortho intramolecular Hbond substituents is 1. The predicted octanol–water partition coefficient (Wildman–Crippen LogP) is 2.79. The molecule has 0 saturated heterocycles. The summed E-state index contributed by atoms with van der Waals surface area (Å²) in [6.45, 7) is 2.30. The van der Waals surface area contributed by atoms with Crippen molar-refractivity contribution >= 4 is 0 Å². The average Bonchev–Trinajstić information content (AvgIpc) is 2.49. The third-order valence-electron chi connectivity index (χ3n) is 4.84. The number of benzene rings is 1. The maximum Gasteiger partial charge on any atom is 0.115 e. The zero-order chi connectivity index (χ0) is 14.5. The van der Waals surface area contributed by atoms with Crippen molar-refractivity contribution in [2.45, 2.75) is 57.2 Å². The fourth-order valence-electron chi connectivity index (χ4n) is 3.25. The Hall–Kier alpha value is -1.06. The molecule has 2 rings (SSSR count). The van der Waals surface area contributed by atoms with Gasteiger partial charge in [0.1, 0.15) is 5.75 Å². The summed E-state index contributed by atoms with van der Waals surface area (Å²) in [6, 6.07) is 9.57. The smallest absolute Gasteiger partial charge is 0.115 e. The summed E-state index contributed by atoms with van der Waals surface area (Å²) in [5.74, 6) is 0.347. The minimum Gasteiger partial charge on any atom is -0.508 e. The van der Waals surface area contributed by atoms with Crippen LogP contribution >= 0.6 is 0 Å². The first-order valence-corrected chi connectivity index (χ1v) is 7.77. The van der Waals surface area contributed by atoms with Gasteiger partial charge < -0.3 is 15.3 Å². The van der Waals surface area contributed by atoms with Crippen molar-refractivity contribution in [1.29, 1.82) is 0 Å². The van der Waals surface area contributed by atoms with Crippen LogP contribution in [0.15, 0.2) is 24.3 Å². The Labute approximate surface area is 123 Å². The highest BCUT2D eigenvalue weighted by Gasteiger charge is 2.25. The Bertz CT molecular complexity index is 396. The molecule has 2 N–H and O–H groups in total. The molecule has 0 spiro atoms. The molecule has 3 heteroatoms. The first-order valence-electron chi connectivity index (χ1n) is 7.77. The molecule has 1 atom stereocenters. The Morgan fingerprint density at radius 1 is 1.20 bits per heavy atom. The van der Waals surface area contributed by atoms with Crippen molar-refractivity contribution in [1.82, 2.24) is 10.2 Å². The van der Waals surface area contributed by atoms with E-state index in [1.807, 2.05) is 12.1 Å². The summed E-state index contributed by atoms with van der Waals surface area (Å²) in [7, 11) is 4.33. The van der Waals surface area contributed by atoms with E-state index in [9.17, 15) is 5.11 Å². The van der Waals surface area contributed by atoms with E-state index in [1.165, 1.54) is 31.2 Å². The summed E-state index contributed by atoms with van der Waals surface area (Å²) in [4.78, 5) is 2.54. The number of phenols is 1. The van der Waals surface area contributed by atoms with E-state index in [0.717, 1.165) is 6.42 Å². The van der Waals surface area contributed by atoms with Gasteiger partial charge in [0.05, 0.1) is 0 Å². The topological polar surface area (TPSA) is 35.5 Å². The molecule has 20 heavy (non-hydrogen) atoms. The second-order valence-electron chi connectivity index (χ2n) is 6.18. The predicted molar refractivity (Wildman–Crippen MR) is 84.1 cm³/mol. The number of likely N-dealkylation sites (N-methyl/N-ethyl adjacent to an activating group) is 1. The lowest BCUT2D eigenvalue weighted by Crippen LogP contribution is -2.44. The van der Waals surface area contributed by atoms with Crippen molar-refractivity contribution in [3.8, 4) is 5.75 Å². The maximum atomic E-state index is 9.34. The molecule has 3 nitrogen and oxygen atoms in total. The highest BCUT2D eigenvalue weighted by atomic mass is 16.3. The van der Waals surface area contributed by atoms with Gasteiger partial charge in [-0.1, -0.05) is 12.1 Å². The van der Waals surface area contributed by atoms with Gasteiger partial charge in [-0.3, -0.25) is 0 Å². The molecule has 1 aliphatic rings. The maximum absolute atomic E-state index is 9.34.